The van der Waals surface area contributed by atoms with E-state index in [1.165, 1.54) is 29.6 Å². The van der Waals surface area contributed by atoms with Gasteiger partial charge in [0.15, 0.2) is 0 Å². The Bertz CT molecular complexity index is 623. The molecule has 0 unspecified atom stereocenters. The van der Waals surface area contributed by atoms with Crippen molar-refractivity contribution in [1.82, 2.24) is 9.62 Å². The third kappa shape index (κ3) is 3.56. The second kappa shape index (κ2) is 6.77. The summed E-state index contributed by atoms with van der Waals surface area (Å²) >= 11 is 6.05. The monoisotopic (exact) mass is 330 g/mol. The Morgan fingerprint density at radius 1 is 1.19 bits per heavy atom. The van der Waals surface area contributed by atoms with Gasteiger partial charge in [0.05, 0.1) is 5.02 Å². The number of nitrogens with one attached hydrogen (secondary N) is 1. The van der Waals surface area contributed by atoms with Gasteiger partial charge in [-0.05, 0) is 31.0 Å². The van der Waals surface area contributed by atoms with Gasteiger partial charge in [-0.15, -0.1) is 0 Å². The lowest BCUT2D eigenvalue weighted by Crippen LogP contribution is -2.32. The van der Waals surface area contributed by atoms with Gasteiger partial charge in [0.2, 0.25) is 10.0 Å². The predicted molar refractivity (Wildman–Crippen MR) is 82.1 cm³/mol. The Kier molecular flexibility index (Phi) is 5.24. The molecular formula is C14H19ClN2O3S. The van der Waals surface area contributed by atoms with Crippen LogP contribution in [0.2, 0.25) is 5.02 Å². The summed E-state index contributed by atoms with van der Waals surface area (Å²) in [5.41, 5.74) is 0.287. The molecule has 1 heterocycles. The van der Waals surface area contributed by atoms with Crippen LogP contribution in [-0.4, -0.2) is 38.8 Å². The molecule has 0 bridgehead atoms. The summed E-state index contributed by atoms with van der Waals surface area (Å²) in [5.74, 6) is -0.334. The zero-order valence-corrected chi connectivity index (χ0v) is 13.5. The minimum Gasteiger partial charge on any atom is -0.355 e. The molecule has 1 aromatic carbocycles. The van der Waals surface area contributed by atoms with Crippen LogP contribution in [0, 0.1) is 0 Å². The molecule has 21 heavy (non-hydrogen) atoms. The maximum atomic E-state index is 12.7. The highest BCUT2D eigenvalue weighted by Crippen LogP contribution is 2.27. The summed E-state index contributed by atoms with van der Waals surface area (Å²) in [7, 11) is -2.16. The van der Waals surface area contributed by atoms with Crippen molar-refractivity contribution in [2.45, 2.75) is 30.6 Å². The molecule has 1 aliphatic rings. The minimum absolute atomic E-state index is 0.00664. The lowest BCUT2D eigenvalue weighted by atomic mass is 10.2. The van der Waals surface area contributed by atoms with E-state index in [1.807, 2.05) is 0 Å². The van der Waals surface area contributed by atoms with Gasteiger partial charge in [-0.1, -0.05) is 24.4 Å². The molecule has 1 saturated heterocycles. The molecule has 0 spiro atoms. The summed E-state index contributed by atoms with van der Waals surface area (Å²) in [6.45, 7) is 1.01. The topological polar surface area (TPSA) is 66.5 Å². The van der Waals surface area contributed by atoms with E-state index in [0.717, 1.165) is 25.7 Å². The third-order valence-corrected chi connectivity index (χ3v) is 5.98. The summed E-state index contributed by atoms with van der Waals surface area (Å²) < 4.78 is 26.9. The highest BCUT2D eigenvalue weighted by molar-refractivity contribution is 7.89. The summed E-state index contributed by atoms with van der Waals surface area (Å²) in [4.78, 5) is 11.7. The van der Waals surface area contributed by atoms with Gasteiger partial charge >= 0.3 is 0 Å². The van der Waals surface area contributed by atoms with E-state index in [9.17, 15) is 13.2 Å². The molecule has 1 fully saturated rings. The first-order valence-electron chi connectivity index (χ1n) is 6.98. The Hall–Kier alpha value is -1.11. The van der Waals surface area contributed by atoms with E-state index < -0.39 is 10.0 Å². The second-order valence-electron chi connectivity index (χ2n) is 5.04. The molecule has 0 saturated carbocycles. The zero-order valence-electron chi connectivity index (χ0n) is 11.9. The molecule has 1 aliphatic heterocycles. The largest absolute Gasteiger partial charge is 0.355 e. The molecule has 0 atom stereocenters. The number of hydrogen-bond donors (Lipinski definition) is 1. The van der Waals surface area contributed by atoms with Gasteiger partial charge < -0.3 is 5.32 Å². The smallest absolute Gasteiger partial charge is 0.251 e. The van der Waals surface area contributed by atoms with Crippen LogP contribution < -0.4 is 5.32 Å². The first-order chi connectivity index (χ1) is 9.96. The fourth-order valence-corrected chi connectivity index (χ4v) is 4.43. The Morgan fingerprint density at radius 3 is 2.38 bits per heavy atom. The van der Waals surface area contributed by atoms with Gasteiger partial charge in [-0.25, -0.2) is 8.42 Å². The first-order valence-corrected chi connectivity index (χ1v) is 8.80. The van der Waals surface area contributed by atoms with E-state index in [0.29, 0.717) is 13.1 Å². The summed E-state index contributed by atoms with van der Waals surface area (Å²) in [6.07, 6.45) is 3.79. The standard InChI is InChI=1S/C14H19ClN2O3S/c1-16-14(18)11-6-7-12(15)13(10-11)21(19,20)17-8-4-2-3-5-9-17/h6-7,10H,2-5,8-9H2,1H3,(H,16,18). The normalized spacial score (nSPS) is 17.2. The van der Waals surface area contributed by atoms with Crippen LogP contribution in [0.1, 0.15) is 36.0 Å². The average molecular weight is 331 g/mol. The fraction of sp³-hybridized carbons (Fsp3) is 0.500. The molecule has 7 heteroatoms. The van der Waals surface area contributed by atoms with E-state index in [4.69, 9.17) is 11.6 Å². The summed E-state index contributed by atoms with van der Waals surface area (Å²) in [5, 5.41) is 2.62. The number of hydrogen-bond acceptors (Lipinski definition) is 3. The van der Waals surface area contributed by atoms with E-state index in [-0.39, 0.29) is 21.4 Å². The zero-order chi connectivity index (χ0) is 15.5. The van der Waals surface area contributed by atoms with Crippen LogP contribution in [-0.2, 0) is 10.0 Å². The van der Waals surface area contributed by atoms with Crippen molar-refractivity contribution in [3.63, 3.8) is 0 Å². The van der Waals surface area contributed by atoms with Gasteiger partial charge in [0, 0.05) is 25.7 Å². The Morgan fingerprint density at radius 2 is 1.81 bits per heavy atom. The van der Waals surface area contributed by atoms with Crippen LogP contribution >= 0.6 is 11.6 Å². The molecule has 1 aromatic rings. The highest BCUT2D eigenvalue weighted by Gasteiger charge is 2.28. The average Bonchev–Trinajstić information content (AvgIpc) is 2.76. The Balaban J connectivity index is 2.40. The second-order valence-corrected chi connectivity index (χ2v) is 7.36. The fourth-order valence-electron chi connectivity index (χ4n) is 2.41. The van der Waals surface area contributed by atoms with Gasteiger partial charge in [-0.2, -0.15) is 4.31 Å². The molecule has 5 nitrogen and oxygen atoms in total. The Labute approximate surface area is 130 Å². The molecule has 0 radical (unpaired) electrons. The molecule has 116 valence electrons. The van der Waals surface area contributed by atoms with Crippen LogP contribution in [0.3, 0.4) is 0 Å². The van der Waals surface area contributed by atoms with Crippen molar-refractivity contribution in [3.05, 3.63) is 28.8 Å². The quantitative estimate of drug-likeness (QED) is 0.924. The molecule has 0 aliphatic carbocycles. The van der Waals surface area contributed by atoms with Crippen molar-refractivity contribution in [3.8, 4) is 0 Å². The number of halogens is 1. The van der Waals surface area contributed by atoms with Crippen LogP contribution in [0.4, 0.5) is 0 Å². The van der Waals surface area contributed by atoms with E-state index >= 15 is 0 Å². The van der Waals surface area contributed by atoms with Crippen LogP contribution in [0.25, 0.3) is 0 Å². The molecular weight excluding hydrogens is 312 g/mol. The first kappa shape index (κ1) is 16.3. The SMILES string of the molecule is CNC(=O)c1ccc(Cl)c(S(=O)(=O)N2CCCCCC2)c1. The van der Waals surface area contributed by atoms with E-state index in [1.54, 1.807) is 0 Å². The minimum atomic E-state index is -3.66. The summed E-state index contributed by atoms with van der Waals surface area (Å²) in [6, 6.07) is 4.32. The lowest BCUT2D eigenvalue weighted by molar-refractivity contribution is 0.0963. The van der Waals surface area contributed by atoms with Crippen molar-refractivity contribution >= 4 is 27.5 Å². The molecule has 1 amide bonds. The molecule has 0 aromatic heterocycles. The number of amides is 1. The maximum absolute atomic E-state index is 12.7. The highest BCUT2D eigenvalue weighted by atomic mass is 35.5. The van der Waals surface area contributed by atoms with Gasteiger partial charge in [-0.3, -0.25) is 4.79 Å². The third-order valence-electron chi connectivity index (χ3n) is 3.60. The van der Waals surface area contributed by atoms with Crippen molar-refractivity contribution in [1.29, 1.82) is 0 Å². The van der Waals surface area contributed by atoms with Crippen molar-refractivity contribution < 1.29 is 13.2 Å². The van der Waals surface area contributed by atoms with Gasteiger partial charge in [0.25, 0.3) is 5.91 Å². The maximum Gasteiger partial charge on any atom is 0.251 e. The number of benzene rings is 1. The molecule has 1 N–H and O–H groups in total. The number of rotatable bonds is 3. The van der Waals surface area contributed by atoms with Crippen LogP contribution in [0.15, 0.2) is 23.1 Å². The number of nitrogens with zero attached hydrogens (tertiary/aromatic N) is 1. The van der Waals surface area contributed by atoms with Crippen molar-refractivity contribution in [2.75, 3.05) is 20.1 Å². The number of carbonyl (C=O) groups excluding carboxylic acids is 1. The molecule has 2 rings (SSSR count). The number of carbonyl (C=O) groups is 1. The number of sulfonamides is 1. The van der Waals surface area contributed by atoms with Crippen molar-refractivity contribution in [2.24, 2.45) is 0 Å². The van der Waals surface area contributed by atoms with Gasteiger partial charge in [0.1, 0.15) is 4.90 Å². The predicted octanol–water partition coefficient (Wildman–Crippen LogP) is 2.26. The van der Waals surface area contributed by atoms with Crippen LogP contribution in [0.5, 0.6) is 0 Å². The van der Waals surface area contributed by atoms with E-state index in [2.05, 4.69) is 5.32 Å². The lowest BCUT2D eigenvalue weighted by Gasteiger charge is -2.21.